The summed E-state index contributed by atoms with van der Waals surface area (Å²) in [5.41, 5.74) is 2.19. The van der Waals surface area contributed by atoms with Crippen LogP contribution < -0.4 is 5.32 Å². The average Bonchev–Trinajstić information content (AvgIpc) is 2.47. The Bertz CT molecular complexity index is 536. The zero-order valence-electron chi connectivity index (χ0n) is 12.3. The van der Waals surface area contributed by atoms with Crippen LogP contribution in [0.5, 0.6) is 0 Å². The molecule has 1 heterocycles. The summed E-state index contributed by atoms with van der Waals surface area (Å²) in [5.74, 6) is 0. The summed E-state index contributed by atoms with van der Waals surface area (Å²) in [6.45, 7) is 6.44. The van der Waals surface area contributed by atoms with Crippen molar-refractivity contribution in [2.75, 3.05) is 33.2 Å². The fourth-order valence-corrected chi connectivity index (χ4v) is 3.84. The summed E-state index contributed by atoms with van der Waals surface area (Å²) in [4.78, 5) is 0. The molecule has 0 bridgehead atoms. The standard InChI is InChI=1S/C14H23N3O2S/c1-12-4-6-14(7-5-12)13(2)16(3)20(18,19)17-10-8-15-9-11-17/h4-7,13,15H,8-11H2,1-3H3. The van der Waals surface area contributed by atoms with E-state index in [0.717, 1.165) is 5.56 Å². The summed E-state index contributed by atoms with van der Waals surface area (Å²) >= 11 is 0. The summed E-state index contributed by atoms with van der Waals surface area (Å²) in [6.07, 6.45) is 0. The highest BCUT2D eigenvalue weighted by molar-refractivity contribution is 7.86. The van der Waals surface area contributed by atoms with E-state index in [4.69, 9.17) is 0 Å². The lowest BCUT2D eigenvalue weighted by atomic mass is 10.1. The Hall–Kier alpha value is -0.950. The first kappa shape index (κ1) is 15.4. The van der Waals surface area contributed by atoms with Gasteiger partial charge in [0.1, 0.15) is 0 Å². The number of aryl methyl sites for hydroxylation is 1. The maximum atomic E-state index is 12.6. The van der Waals surface area contributed by atoms with E-state index in [1.165, 1.54) is 9.87 Å². The summed E-state index contributed by atoms with van der Waals surface area (Å²) in [7, 11) is -1.74. The van der Waals surface area contributed by atoms with E-state index in [1.807, 2.05) is 38.1 Å². The van der Waals surface area contributed by atoms with Crippen molar-refractivity contribution in [3.63, 3.8) is 0 Å². The Kier molecular flexibility index (Phi) is 4.80. The van der Waals surface area contributed by atoms with Crippen LogP contribution in [0.15, 0.2) is 24.3 Å². The van der Waals surface area contributed by atoms with Crippen LogP contribution in [0.25, 0.3) is 0 Å². The van der Waals surface area contributed by atoms with Crippen LogP contribution in [-0.4, -0.2) is 50.3 Å². The molecule has 1 aliphatic heterocycles. The molecule has 1 aromatic rings. The van der Waals surface area contributed by atoms with Crippen molar-refractivity contribution in [3.05, 3.63) is 35.4 Å². The number of piperazine rings is 1. The lowest BCUT2D eigenvalue weighted by molar-refractivity contribution is 0.306. The normalized spacial score (nSPS) is 19.2. The maximum absolute atomic E-state index is 12.6. The Morgan fingerprint density at radius 1 is 1.20 bits per heavy atom. The summed E-state index contributed by atoms with van der Waals surface area (Å²) in [6, 6.07) is 7.83. The minimum Gasteiger partial charge on any atom is -0.314 e. The van der Waals surface area contributed by atoms with E-state index in [9.17, 15) is 8.42 Å². The zero-order chi connectivity index (χ0) is 14.8. The van der Waals surface area contributed by atoms with Crippen molar-refractivity contribution >= 4 is 10.2 Å². The smallest absolute Gasteiger partial charge is 0.282 e. The summed E-state index contributed by atoms with van der Waals surface area (Å²) < 4.78 is 28.2. The third kappa shape index (κ3) is 3.20. The van der Waals surface area contributed by atoms with Crippen LogP contribution in [0, 0.1) is 6.92 Å². The van der Waals surface area contributed by atoms with E-state index < -0.39 is 10.2 Å². The molecule has 1 saturated heterocycles. The monoisotopic (exact) mass is 297 g/mol. The Labute approximate surface area is 121 Å². The third-order valence-corrected chi connectivity index (χ3v) is 5.93. The van der Waals surface area contributed by atoms with Crippen molar-refractivity contribution in [2.24, 2.45) is 0 Å². The highest BCUT2D eigenvalue weighted by Crippen LogP contribution is 2.23. The Balaban J connectivity index is 2.16. The number of nitrogens with zero attached hydrogens (tertiary/aromatic N) is 2. The van der Waals surface area contributed by atoms with Gasteiger partial charge in [-0.25, -0.2) is 0 Å². The molecule has 6 heteroatoms. The number of hydrogen-bond donors (Lipinski definition) is 1. The predicted octanol–water partition coefficient (Wildman–Crippen LogP) is 1.14. The van der Waals surface area contributed by atoms with E-state index in [2.05, 4.69) is 5.32 Å². The van der Waals surface area contributed by atoms with Gasteiger partial charge in [0.2, 0.25) is 0 Å². The van der Waals surface area contributed by atoms with Crippen LogP contribution in [0.4, 0.5) is 0 Å². The molecule has 2 rings (SSSR count). The molecule has 0 radical (unpaired) electrons. The molecule has 0 aromatic heterocycles. The first-order chi connectivity index (χ1) is 9.43. The molecule has 112 valence electrons. The molecular weight excluding hydrogens is 274 g/mol. The second-order valence-corrected chi connectivity index (χ2v) is 7.25. The van der Waals surface area contributed by atoms with Crippen molar-refractivity contribution in [1.29, 1.82) is 0 Å². The maximum Gasteiger partial charge on any atom is 0.282 e. The van der Waals surface area contributed by atoms with Gasteiger partial charge < -0.3 is 5.32 Å². The van der Waals surface area contributed by atoms with Gasteiger partial charge in [-0.05, 0) is 19.4 Å². The molecular formula is C14H23N3O2S. The number of hydrogen-bond acceptors (Lipinski definition) is 3. The van der Waals surface area contributed by atoms with Gasteiger partial charge in [0.05, 0.1) is 0 Å². The minimum atomic E-state index is -3.39. The fourth-order valence-electron chi connectivity index (χ4n) is 2.31. The lowest BCUT2D eigenvalue weighted by Crippen LogP contribution is -2.51. The van der Waals surface area contributed by atoms with Gasteiger partial charge in [0.25, 0.3) is 10.2 Å². The molecule has 5 nitrogen and oxygen atoms in total. The number of benzene rings is 1. The molecule has 0 amide bonds. The van der Waals surface area contributed by atoms with E-state index in [0.29, 0.717) is 26.2 Å². The molecule has 1 fully saturated rings. The molecule has 1 N–H and O–H groups in total. The highest BCUT2D eigenvalue weighted by atomic mass is 32.2. The van der Waals surface area contributed by atoms with Gasteiger partial charge in [-0.2, -0.15) is 17.0 Å². The average molecular weight is 297 g/mol. The van der Waals surface area contributed by atoms with E-state index >= 15 is 0 Å². The third-order valence-electron chi connectivity index (χ3n) is 3.87. The molecule has 20 heavy (non-hydrogen) atoms. The molecule has 0 saturated carbocycles. The SMILES string of the molecule is Cc1ccc(C(C)N(C)S(=O)(=O)N2CCNCC2)cc1. The van der Waals surface area contributed by atoms with Crippen LogP contribution in [0.2, 0.25) is 0 Å². The van der Waals surface area contributed by atoms with Gasteiger partial charge in [-0.3, -0.25) is 0 Å². The minimum absolute atomic E-state index is 0.171. The van der Waals surface area contributed by atoms with Crippen LogP contribution in [0.3, 0.4) is 0 Å². The second-order valence-electron chi connectivity index (χ2n) is 5.26. The topological polar surface area (TPSA) is 52.7 Å². The first-order valence-electron chi connectivity index (χ1n) is 6.93. The van der Waals surface area contributed by atoms with Crippen molar-refractivity contribution < 1.29 is 8.42 Å². The van der Waals surface area contributed by atoms with Crippen molar-refractivity contribution in [1.82, 2.24) is 13.9 Å². The number of rotatable bonds is 4. The van der Waals surface area contributed by atoms with E-state index in [1.54, 1.807) is 11.4 Å². The predicted molar refractivity (Wildman–Crippen MR) is 80.7 cm³/mol. The molecule has 0 aliphatic carbocycles. The molecule has 1 aliphatic rings. The van der Waals surface area contributed by atoms with E-state index in [-0.39, 0.29) is 6.04 Å². The van der Waals surface area contributed by atoms with Gasteiger partial charge in [-0.1, -0.05) is 29.8 Å². The quantitative estimate of drug-likeness (QED) is 0.906. The fraction of sp³-hybridized carbons (Fsp3) is 0.571. The van der Waals surface area contributed by atoms with Crippen LogP contribution in [0.1, 0.15) is 24.1 Å². The molecule has 1 aromatic carbocycles. The molecule has 0 spiro atoms. The van der Waals surface area contributed by atoms with Gasteiger partial charge in [0, 0.05) is 39.3 Å². The van der Waals surface area contributed by atoms with Crippen molar-refractivity contribution in [2.45, 2.75) is 19.9 Å². The molecule has 1 atom stereocenters. The highest BCUT2D eigenvalue weighted by Gasteiger charge is 2.31. The van der Waals surface area contributed by atoms with Gasteiger partial charge >= 0.3 is 0 Å². The molecule has 1 unspecified atom stereocenters. The Morgan fingerprint density at radius 3 is 2.30 bits per heavy atom. The van der Waals surface area contributed by atoms with Crippen LogP contribution >= 0.6 is 0 Å². The van der Waals surface area contributed by atoms with Crippen LogP contribution in [-0.2, 0) is 10.2 Å². The Morgan fingerprint density at radius 2 is 1.75 bits per heavy atom. The lowest BCUT2D eigenvalue weighted by Gasteiger charge is -2.33. The van der Waals surface area contributed by atoms with Gasteiger partial charge in [0.15, 0.2) is 0 Å². The van der Waals surface area contributed by atoms with Crippen molar-refractivity contribution in [3.8, 4) is 0 Å². The summed E-state index contributed by atoms with van der Waals surface area (Å²) in [5, 5.41) is 3.17. The number of nitrogens with one attached hydrogen (secondary N) is 1. The zero-order valence-corrected chi connectivity index (χ0v) is 13.2. The second kappa shape index (κ2) is 6.22. The first-order valence-corrected chi connectivity index (χ1v) is 8.33. The largest absolute Gasteiger partial charge is 0.314 e. The van der Waals surface area contributed by atoms with Gasteiger partial charge in [-0.15, -0.1) is 0 Å².